The van der Waals surface area contributed by atoms with Crippen molar-refractivity contribution in [2.24, 2.45) is 11.8 Å². The Morgan fingerprint density at radius 3 is 2.31 bits per heavy atom. The lowest BCUT2D eigenvalue weighted by Crippen LogP contribution is -2.56. The topological polar surface area (TPSA) is 87.7 Å². The molecule has 0 aliphatic heterocycles. The van der Waals surface area contributed by atoms with Crippen LogP contribution in [0.4, 0.5) is 4.79 Å². The predicted octanol–water partition coefficient (Wildman–Crippen LogP) is 5.44. The summed E-state index contributed by atoms with van der Waals surface area (Å²) in [5, 5.41) is 5.91. The van der Waals surface area contributed by atoms with Crippen molar-refractivity contribution in [3.63, 3.8) is 0 Å². The summed E-state index contributed by atoms with van der Waals surface area (Å²) < 4.78 is 5.48. The first-order valence-corrected chi connectivity index (χ1v) is 13.5. The van der Waals surface area contributed by atoms with Crippen molar-refractivity contribution >= 4 is 17.9 Å². The Kier molecular flexibility index (Phi) is 10.4. The molecule has 0 heterocycles. The van der Waals surface area contributed by atoms with E-state index in [1.54, 1.807) is 25.7 Å². The van der Waals surface area contributed by atoms with E-state index in [2.05, 4.69) is 24.5 Å². The second-order valence-corrected chi connectivity index (χ2v) is 11.4. The van der Waals surface area contributed by atoms with Gasteiger partial charge in [-0.2, -0.15) is 0 Å². The summed E-state index contributed by atoms with van der Waals surface area (Å²) in [6, 6.07) is 4.37. The van der Waals surface area contributed by atoms with Gasteiger partial charge in [-0.05, 0) is 70.4 Å². The van der Waals surface area contributed by atoms with Gasteiger partial charge in [-0.15, -0.1) is 0 Å². The first kappa shape index (κ1) is 29.7. The van der Waals surface area contributed by atoms with Crippen LogP contribution in [0, 0.1) is 25.7 Å². The SMILES string of the molecule is CCCCNC(=O)C(c1ccc(C)cc1C)N(C(=O)C(NC(=O)OC(C)(C)C)C(C)CC)C1CC1C. The number of unbranched alkanes of at least 4 members (excludes halogenated alkanes) is 1. The van der Waals surface area contributed by atoms with Crippen LogP contribution in [0.25, 0.3) is 0 Å². The van der Waals surface area contributed by atoms with Crippen LogP contribution >= 0.6 is 0 Å². The second kappa shape index (κ2) is 12.6. The highest BCUT2D eigenvalue weighted by atomic mass is 16.6. The van der Waals surface area contributed by atoms with Crippen LogP contribution in [0.5, 0.6) is 0 Å². The Bertz CT molecular complexity index is 924. The molecule has 2 N–H and O–H groups in total. The lowest BCUT2D eigenvalue weighted by atomic mass is 9.93. The summed E-state index contributed by atoms with van der Waals surface area (Å²) in [6.07, 6.45) is 2.73. The maximum absolute atomic E-state index is 14.3. The molecule has 7 nitrogen and oxygen atoms in total. The molecule has 202 valence electrons. The minimum absolute atomic E-state index is 0.0629. The molecule has 0 saturated heterocycles. The molecule has 36 heavy (non-hydrogen) atoms. The monoisotopic (exact) mass is 501 g/mol. The number of amides is 3. The minimum atomic E-state index is -0.797. The average molecular weight is 502 g/mol. The van der Waals surface area contributed by atoms with Gasteiger partial charge in [0.25, 0.3) is 0 Å². The van der Waals surface area contributed by atoms with Gasteiger partial charge in [-0.3, -0.25) is 9.59 Å². The number of hydrogen-bond acceptors (Lipinski definition) is 4. The summed E-state index contributed by atoms with van der Waals surface area (Å²) in [5.74, 6) is -0.266. The number of ether oxygens (including phenoxy) is 1. The largest absolute Gasteiger partial charge is 0.444 e. The van der Waals surface area contributed by atoms with Crippen LogP contribution in [0.1, 0.15) is 96.9 Å². The smallest absolute Gasteiger partial charge is 0.408 e. The Morgan fingerprint density at radius 2 is 1.81 bits per heavy atom. The lowest BCUT2D eigenvalue weighted by Gasteiger charge is -2.37. The quantitative estimate of drug-likeness (QED) is 0.395. The molecule has 1 aliphatic carbocycles. The number of benzene rings is 1. The standard InChI is InChI=1S/C29H47N3O4/c1-10-12-15-30-26(33)25(22-14-13-18(3)16-20(22)5)32(23-17-21(23)6)27(34)24(19(4)11-2)31-28(35)36-29(7,8)9/h13-14,16,19,21,23-25H,10-12,15,17H2,1-9H3,(H,30,33)(H,31,35). The highest BCUT2D eigenvalue weighted by Gasteiger charge is 2.49. The van der Waals surface area contributed by atoms with E-state index in [-0.39, 0.29) is 29.7 Å². The summed E-state index contributed by atoms with van der Waals surface area (Å²) in [6.45, 7) is 18.1. The van der Waals surface area contributed by atoms with Gasteiger partial charge < -0.3 is 20.3 Å². The highest BCUT2D eigenvalue weighted by Crippen LogP contribution is 2.41. The van der Waals surface area contributed by atoms with Crippen molar-refractivity contribution in [1.29, 1.82) is 0 Å². The molecule has 1 fully saturated rings. The number of hydrogen-bond donors (Lipinski definition) is 2. The van der Waals surface area contributed by atoms with E-state index in [9.17, 15) is 14.4 Å². The molecule has 0 spiro atoms. The van der Waals surface area contributed by atoms with Crippen LogP contribution in [0.15, 0.2) is 18.2 Å². The van der Waals surface area contributed by atoms with E-state index in [1.807, 2.05) is 45.9 Å². The third-order valence-electron chi connectivity index (χ3n) is 6.91. The number of nitrogens with one attached hydrogen (secondary N) is 2. The number of carbonyl (C=O) groups excluding carboxylic acids is 3. The Morgan fingerprint density at radius 1 is 1.17 bits per heavy atom. The van der Waals surface area contributed by atoms with Gasteiger partial charge in [0.05, 0.1) is 0 Å². The Hall–Kier alpha value is -2.57. The first-order chi connectivity index (χ1) is 16.8. The van der Waals surface area contributed by atoms with Crippen LogP contribution in [-0.2, 0) is 14.3 Å². The van der Waals surface area contributed by atoms with E-state index in [0.29, 0.717) is 13.0 Å². The molecule has 1 aromatic rings. The minimum Gasteiger partial charge on any atom is -0.444 e. The fraction of sp³-hybridized carbons (Fsp3) is 0.690. The van der Waals surface area contributed by atoms with Gasteiger partial charge in [-0.1, -0.05) is 64.3 Å². The number of aryl methyl sites for hydroxylation is 2. The van der Waals surface area contributed by atoms with E-state index < -0.39 is 23.8 Å². The molecular formula is C29H47N3O4. The van der Waals surface area contributed by atoms with Gasteiger partial charge in [0.15, 0.2) is 0 Å². The summed E-state index contributed by atoms with van der Waals surface area (Å²) in [4.78, 5) is 42.4. The maximum atomic E-state index is 14.3. The zero-order valence-electron chi connectivity index (χ0n) is 23.7. The normalized spacial score (nSPS) is 19.6. The molecule has 1 saturated carbocycles. The number of nitrogens with zero attached hydrogens (tertiary/aromatic N) is 1. The highest BCUT2D eigenvalue weighted by molar-refractivity contribution is 5.93. The van der Waals surface area contributed by atoms with E-state index in [0.717, 1.165) is 36.0 Å². The van der Waals surface area contributed by atoms with Crippen molar-refractivity contribution in [2.75, 3.05) is 6.54 Å². The number of carbonyl (C=O) groups is 3. The molecule has 1 aliphatic rings. The first-order valence-electron chi connectivity index (χ1n) is 13.5. The molecule has 7 heteroatoms. The van der Waals surface area contributed by atoms with Crippen LogP contribution < -0.4 is 10.6 Å². The van der Waals surface area contributed by atoms with Crippen molar-refractivity contribution in [2.45, 2.75) is 112 Å². The van der Waals surface area contributed by atoms with Crippen molar-refractivity contribution in [1.82, 2.24) is 15.5 Å². The molecule has 5 atom stereocenters. The fourth-order valence-corrected chi connectivity index (χ4v) is 4.49. The van der Waals surface area contributed by atoms with Crippen molar-refractivity contribution < 1.29 is 19.1 Å². The Labute approximate surface area is 217 Å². The van der Waals surface area contributed by atoms with E-state index >= 15 is 0 Å². The molecule has 0 radical (unpaired) electrons. The molecule has 2 rings (SSSR count). The second-order valence-electron chi connectivity index (χ2n) is 11.4. The zero-order chi connectivity index (χ0) is 27.2. The van der Waals surface area contributed by atoms with Crippen molar-refractivity contribution in [3.8, 4) is 0 Å². The fourth-order valence-electron chi connectivity index (χ4n) is 4.49. The zero-order valence-corrected chi connectivity index (χ0v) is 23.7. The molecule has 3 amide bonds. The molecule has 0 bridgehead atoms. The van der Waals surface area contributed by atoms with Gasteiger partial charge in [0, 0.05) is 12.6 Å². The van der Waals surface area contributed by atoms with Gasteiger partial charge in [-0.25, -0.2) is 4.79 Å². The third kappa shape index (κ3) is 7.97. The van der Waals surface area contributed by atoms with Crippen molar-refractivity contribution in [3.05, 3.63) is 34.9 Å². The third-order valence-corrected chi connectivity index (χ3v) is 6.91. The van der Waals surface area contributed by atoms with Crippen LogP contribution in [0.2, 0.25) is 0 Å². The molecular weight excluding hydrogens is 454 g/mol. The molecule has 1 aromatic carbocycles. The molecule has 0 aromatic heterocycles. The predicted molar refractivity (Wildman–Crippen MR) is 144 cm³/mol. The summed E-state index contributed by atoms with van der Waals surface area (Å²) in [7, 11) is 0. The maximum Gasteiger partial charge on any atom is 0.408 e. The summed E-state index contributed by atoms with van der Waals surface area (Å²) in [5.41, 5.74) is 2.21. The average Bonchev–Trinajstić information content (AvgIpc) is 3.50. The number of rotatable bonds is 11. The number of alkyl carbamates (subject to hydrolysis) is 1. The van der Waals surface area contributed by atoms with Crippen LogP contribution in [0.3, 0.4) is 0 Å². The van der Waals surface area contributed by atoms with E-state index in [1.165, 1.54) is 0 Å². The van der Waals surface area contributed by atoms with Gasteiger partial charge in [0.1, 0.15) is 17.7 Å². The van der Waals surface area contributed by atoms with Gasteiger partial charge in [0.2, 0.25) is 11.8 Å². The van der Waals surface area contributed by atoms with Gasteiger partial charge >= 0.3 is 6.09 Å². The lowest BCUT2D eigenvalue weighted by molar-refractivity contribution is -0.144. The summed E-state index contributed by atoms with van der Waals surface area (Å²) >= 11 is 0. The Balaban J connectivity index is 2.52. The van der Waals surface area contributed by atoms with Crippen LogP contribution in [-0.4, -0.2) is 47.0 Å². The van der Waals surface area contributed by atoms with E-state index in [4.69, 9.17) is 4.74 Å². The molecule has 5 unspecified atom stereocenters.